The van der Waals surface area contributed by atoms with Gasteiger partial charge in [-0.2, -0.15) is 0 Å². The Labute approximate surface area is 137 Å². The standard InChI is InChI=1S/C21H34O/c1-17(2)9-7-11-19(5)13-15-21(22)16-14-20(6)12-8-10-18(3)4/h9-10,13-14H,7-8,11-12,15-16H2,1-6H3/b19-13+,20-14+. The quantitative estimate of drug-likeness (QED) is 0.409. The van der Waals surface area contributed by atoms with E-state index in [0.717, 1.165) is 25.7 Å². The molecule has 0 aromatic heterocycles. The Morgan fingerprint density at radius 2 is 1.00 bits per heavy atom. The lowest BCUT2D eigenvalue weighted by Crippen LogP contribution is -1.94. The molecule has 0 amide bonds. The summed E-state index contributed by atoms with van der Waals surface area (Å²) in [6.07, 6.45) is 14.1. The highest BCUT2D eigenvalue weighted by Crippen LogP contribution is 2.10. The zero-order chi connectivity index (χ0) is 17.0. The van der Waals surface area contributed by atoms with Gasteiger partial charge in [0, 0.05) is 12.8 Å². The van der Waals surface area contributed by atoms with Crippen LogP contribution in [0.3, 0.4) is 0 Å². The van der Waals surface area contributed by atoms with Crippen LogP contribution in [0.1, 0.15) is 80.1 Å². The summed E-state index contributed by atoms with van der Waals surface area (Å²) in [5.74, 6) is 0.308. The molecule has 1 heteroatoms. The smallest absolute Gasteiger partial charge is 0.140 e. The highest BCUT2D eigenvalue weighted by molar-refractivity contribution is 5.81. The molecule has 0 aliphatic rings. The zero-order valence-electron chi connectivity index (χ0n) is 15.5. The second-order valence-electron chi connectivity index (χ2n) is 6.69. The Morgan fingerprint density at radius 3 is 1.32 bits per heavy atom. The molecule has 0 bridgehead atoms. The van der Waals surface area contributed by atoms with Crippen LogP contribution in [0.2, 0.25) is 0 Å². The number of hydrogen-bond acceptors (Lipinski definition) is 1. The topological polar surface area (TPSA) is 17.1 Å². The molecule has 0 aliphatic heterocycles. The van der Waals surface area contributed by atoms with Gasteiger partial charge in [-0.3, -0.25) is 4.79 Å². The Kier molecular flexibility index (Phi) is 11.4. The van der Waals surface area contributed by atoms with Crippen molar-refractivity contribution in [3.63, 3.8) is 0 Å². The van der Waals surface area contributed by atoms with Gasteiger partial charge in [0.25, 0.3) is 0 Å². The molecule has 1 nitrogen and oxygen atoms in total. The van der Waals surface area contributed by atoms with Gasteiger partial charge in [0.2, 0.25) is 0 Å². The van der Waals surface area contributed by atoms with Gasteiger partial charge in [-0.1, -0.05) is 46.6 Å². The van der Waals surface area contributed by atoms with E-state index in [9.17, 15) is 4.79 Å². The van der Waals surface area contributed by atoms with Crippen molar-refractivity contribution in [1.29, 1.82) is 0 Å². The molecule has 0 atom stereocenters. The molecule has 0 aromatic carbocycles. The minimum atomic E-state index is 0.308. The van der Waals surface area contributed by atoms with Gasteiger partial charge in [-0.05, 0) is 67.2 Å². The summed E-state index contributed by atoms with van der Waals surface area (Å²) < 4.78 is 0. The molecule has 0 radical (unpaired) electrons. The third-order valence-corrected chi connectivity index (χ3v) is 3.54. The van der Waals surface area contributed by atoms with Crippen molar-refractivity contribution < 1.29 is 4.79 Å². The lowest BCUT2D eigenvalue weighted by atomic mass is 10.1. The average Bonchev–Trinajstić information content (AvgIpc) is 2.42. The number of carbonyl (C=O) groups excluding carboxylic acids is 1. The molecule has 0 spiro atoms. The Bertz CT molecular complexity index is 408. The number of allylic oxidation sites excluding steroid dienone is 8. The maximum Gasteiger partial charge on any atom is 0.140 e. The van der Waals surface area contributed by atoms with Crippen LogP contribution >= 0.6 is 0 Å². The third-order valence-electron chi connectivity index (χ3n) is 3.54. The maximum atomic E-state index is 11.9. The number of hydrogen-bond donors (Lipinski definition) is 0. The largest absolute Gasteiger partial charge is 0.299 e. The van der Waals surface area contributed by atoms with Crippen molar-refractivity contribution in [2.45, 2.75) is 80.1 Å². The summed E-state index contributed by atoms with van der Waals surface area (Å²) in [5, 5.41) is 0. The summed E-state index contributed by atoms with van der Waals surface area (Å²) in [7, 11) is 0. The van der Waals surface area contributed by atoms with E-state index in [2.05, 4.69) is 65.8 Å². The number of Topliss-reactive ketones (excluding diaryl/α,β-unsaturated/α-hetero) is 1. The van der Waals surface area contributed by atoms with Crippen molar-refractivity contribution >= 4 is 5.78 Å². The van der Waals surface area contributed by atoms with Gasteiger partial charge in [0.15, 0.2) is 0 Å². The van der Waals surface area contributed by atoms with Crippen LogP contribution < -0.4 is 0 Å². The van der Waals surface area contributed by atoms with E-state index in [1.807, 2.05) is 0 Å². The first-order valence-corrected chi connectivity index (χ1v) is 8.41. The highest BCUT2D eigenvalue weighted by Gasteiger charge is 1.99. The summed E-state index contributed by atoms with van der Waals surface area (Å²) in [6.45, 7) is 12.7. The molecule has 0 rings (SSSR count). The molecule has 0 heterocycles. The number of carbonyl (C=O) groups is 1. The summed E-state index contributed by atoms with van der Waals surface area (Å²) >= 11 is 0. The van der Waals surface area contributed by atoms with Crippen LogP contribution in [0, 0.1) is 0 Å². The SMILES string of the molecule is CC(C)=CCC/C(C)=C/CC(=O)C/C=C(\C)CCC=C(C)C. The fraction of sp³-hybridized carbons (Fsp3) is 0.571. The van der Waals surface area contributed by atoms with E-state index >= 15 is 0 Å². The molecule has 0 unspecified atom stereocenters. The fourth-order valence-electron chi connectivity index (χ4n) is 2.04. The Morgan fingerprint density at radius 1 is 0.636 bits per heavy atom. The molecule has 0 fully saturated rings. The first-order valence-electron chi connectivity index (χ1n) is 8.41. The molecule has 22 heavy (non-hydrogen) atoms. The maximum absolute atomic E-state index is 11.9. The van der Waals surface area contributed by atoms with Gasteiger partial charge in [0.05, 0.1) is 0 Å². The number of ketones is 1. The average molecular weight is 303 g/mol. The van der Waals surface area contributed by atoms with Crippen molar-refractivity contribution in [3.05, 3.63) is 46.6 Å². The van der Waals surface area contributed by atoms with Gasteiger partial charge in [0.1, 0.15) is 5.78 Å². The zero-order valence-corrected chi connectivity index (χ0v) is 15.5. The molecular formula is C21H34O. The van der Waals surface area contributed by atoms with Crippen LogP contribution in [-0.4, -0.2) is 5.78 Å². The van der Waals surface area contributed by atoms with Crippen molar-refractivity contribution in [1.82, 2.24) is 0 Å². The number of rotatable bonds is 10. The van der Waals surface area contributed by atoms with Crippen LogP contribution in [-0.2, 0) is 4.79 Å². The molecule has 0 N–H and O–H groups in total. The van der Waals surface area contributed by atoms with Crippen LogP contribution in [0.25, 0.3) is 0 Å². The fourth-order valence-corrected chi connectivity index (χ4v) is 2.04. The summed E-state index contributed by atoms with van der Waals surface area (Å²) in [5.41, 5.74) is 5.35. The van der Waals surface area contributed by atoms with E-state index < -0.39 is 0 Å². The molecular weight excluding hydrogens is 268 g/mol. The molecule has 0 saturated heterocycles. The van der Waals surface area contributed by atoms with E-state index in [4.69, 9.17) is 0 Å². The first kappa shape index (κ1) is 20.6. The van der Waals surface area contributed by atoms with E-state index in [1.165, 1.54) is 22.3 Å². The van der Waals surface area contributed by atoms with Gasteiger partial charge < -0.3 is 0 Å². The Hall–Kier alpha value is -1.37. The second kappa shape index (κ2) is 12.2. The van der Waals surface area contributed by atoms with Gasteiger partial charge >= 0.3 is 0 Å². The van der Waals surface area contributed by atoms with Gasteiger partial charge in [-0.25, -0.2) is 0 Å². The molecule has 0 aliphatic carbocycles. The molecule has 0 aromatic rings. The predicted molar refractivity (Wildman–Crippen MR) is 99.1 cm³/mol. The molecule has 124 valence electrons. The third kappa shape index (κ3) is 13.6. The van der Waals surface area contributed by atoms with E-state index in [0.29, 0.717) is 18.6 Å². The van der Waals surface area contributed by atoms with E-state index in [1.54, 1.807) is 0 Å². The minimum absolute atomic E-state index is 0.308. The first-order chi connectivity index (χ1) is 10.3. The van der Waals surface area contributed by atoms with Crippen molar-refractivity contribution in [2.24, 2.45) is 0 Å². The van der Waals surface area contributed by atoms with Crippen LogP contribution in [0.4, 0.5) is 0 Å². The van der Waals surface area contributed by atoms with Crippen molar-refractivity contribution in [3.8, 4) is 0 Å². The van der Waals surface area contributed by atoms with Crippen molar-refractivity contribution in [2.75, 3.05) is 0 Å². The predicted octanol–water partition coefficient (Wildman–Crippen LogP) is 6.72. The summed E-state index contributed by atoms with van der Waals surface area (Å²) in [4.78, 5) is 11.9. The lowest BCUT2D eigenvalue weighted by molar-refractivity contribution is -0.117. The molecule has 0 saturated carbocycles. The van der Waals surface area contributed by atoms with Crippen LogP contribution in [0.5, 0.6) is 0 Å². The minimum Gasteiger partial charge on any atom is -0.299 e. The van der Waals surface area contributed by atoms with E-state index in [-0.39, 0.29) is 0 Å². The summed E-state index contributed by atoms with van der Waals surface area (Å²) in [6, 6.07) is 0. The lowest BCUT2D eigenvalue weighted by Gasteiger charge is -2.01. The second-order valence-corrected chi connectivity index (χ2v) is 6.69. The monoisotopic (exact) mass is 302 g/mol. The Balaban J connectivity index is 4.07. The van der Waals surface area contributed by atoms with Crippen LogP contribution in [0.15, 0.2) is 46.6 Å². The highest BCUT2D eigenvalue weighted by atomic mass is 16.1. The van der Waals surface area contributed by atoms with Gasteiger partial charge in [-0.15, -0.1) is 0 Å². The normalized spacial score (nSPS) is 12.1.